The monoisotopic (exact) mass is 438 g/mol. The standard InChI is InChI=1S/C22H22N4O4S/c1-5-25-11-13(12(2)24-25)10-16-19(27)26-18-14-8-6-7-9-15(14)30-22(3,23-21(26)31-16)17(18)20(28)29-4/h6-11,17-18H,5H2,1-4H3/t17-,18+,22-/m1/s1. The van der Waals surface area contributed by atoms with Crippen molar-refractivity contribution in [3.8, 4) is 5.75 Å². The number of carbonyl (C=O) groups is 1. The van der Waals surface area contributed by atoms with E-state index in [0.717, 1.165) is 23.4 Å². The van der Waals surface area contributed by atoms with Gasteiger partial charge in [-0.15, -0.1) is 0 Å². The first-order valence-electron chi connectivity index (χ1n) is 10.1. The molecule has 160 valence electrons. The lowest BCUT2D eigenvalue weighted by molar-refractivity contribution is -0.158. The lowest BCUT2D eigenvalue weighted by Gasteiger charge is -2.44. The molecule has 2 aliphatic rings. The molecule has 0 fully saturated rings. The van der Waals surface area contributed by atoms with Gasteiger partial charge in [0.05, 0.1) is 23.4 Å². The largest absolute Gasteiger partial charge is 0.469 e. The van der Waals surface area contributed by atoms with Gasteiger partial charge in [-0.2, -0.15) is 5.10 Å². The van der Waals surface area contributed by atoms with Gasteiger partial charge in [0.15, 0.2) is 4.80 Å². The Kier molecular flexibility index (Phi) is 4.40. The molecule has 0 unspecified atom stereocenters. The van der Waals surface area contributed by atoms with Crippen LogP contribution < -0.4 is 19.6 Å². The molecule has 4 heterocycles. The molecule has 0 radical (unpaired) electrons. The van der Waals surface area contributed by atoms with Crippen LogP contribution in [-0.4, -0.2) is 33.2 Å². The quantitative estimate of drug-likeness (QED) is 0.577. The van der Waals surface area contributed by atoms with E-state index in [-0.39, 0.29) is 5.56 Å². The molecule has 0 saturated carbocycles. The number of nitrogens with zero attached hydrogens (tertiary/aromatic N) is 4. The summed E-state index contributed by atoms with van der Waals surface area (Å²) in [6.45, 7) is 6.45. The van der Waals surface area contributed by atoms with Crippen LogP contribution in [0.2, 0.25) is 0 Å². The van der Waals surface area contributed by atoms with Crippen molar-refractivity contribution in [2.45, 2.75) is 39.1 Å². The molecule has 0 aliphatic carbocycles. The molecule has 0 spiro atoms. The van der Waals surface area contributed by atoms with Crippen molar-refractivity contribution in [3.63, 3.8) is 0 Å². The number of aryl methyl sites for hydroxylation is 2. The Hall–Kier alpha value is -3.20. The summed E-state index contributed by atoms with van der Waals surface area (Å²) in [7, 11) is 1.34. The number of carbonyl (C=O) groups excluding carboxylic acids is 1. The van der Waals surface area contributed by atoms with E-state index in [1.807, 2.05) is 55.1 Å². The van der Waals surface area contributed by atoms with Crippen LogP contribution in [0.15, 0.2) is 40.2 Å². The molecule has 3 aromatic rings. The maximum atomic E-state index is 13.5. The highest BCUT2D eigenvalue weighted by molar-refractivity contribution is 7.07. The van der Waals surface area contributed by atoms with Crippen LogP contribution in [0.25, 0.3) is 6.08 Å². The Morgan fingerprint density at radius 2 is 2.16 bits per heavy atom. The second-order valence-electron chi connectivity index (χ2n) is 7.85. The van der Waals surface area contributed by atoms with Crippen LogP contribution in [0.3, 0.4) is 0 Å². The number of ether oxygens (including phenoxy) is 2. The van der Waals surface area contributed by atoms with E-state index in [2.05, 4.69) is 5.10 Å². The van der Waals surface area contributed by atoms with Gasteiger partial charge in [-0.1, -0.05) is 29.5 Å². The zero-order valence-corrected chi connectivity index (χ0v) is 18.5. The highest BCUT2D eigenvalue weighted by atomic mass is 32.1. The van der Waals surface area contributed by atoms with E-state index in [1.54, 1.807) is 11.5 Å². The van der Waals surface area contributed by atoms with Crippen LogP contribution in [0.4, 0.5) is 0 Å². The summed E-state index contributed by atoms with van der Waals surface area (Å²) in [6, 6.07) is 6.90. The number of hydrogen-bond acceptors (Lipinski definition) is 7. The lowest BCUT2D eigenvalue weighted by Crippen LogP contribution is -2.58. The summed E-state index contributed by atoms with van der Waals surface area (Å²) in [6.07, 6.45) is 3.76. The summed E-state index contributed by atoms with van der Waals surface area (Å²) in [5, 5.41) is 4.45. The molecule has 0 amide bonds. The number of fused-ring (bicyclic) bond motifs is 6. The summed E-state index contributed by atoms with van der Waals surface area (Å²) < 4.78 is 15.3. The minimum Gasteiger partial charge on any atom is -0.469 e. The number of esters is 1. The Bertz CT molecular complexity index is 1390. The third kappa shape index (κ3) is 2.87. The third-order valence-electron chi connectivity index (χ3n) is 5.93. The lowest BCUT2D eigenvalue weighted by atomic mass is 9.81. The van der Waals surface area contributed by atoms with E-state index in [1.165, 1.54) is 18.4 Å². The topological polar surface area (TPSA) is 87.7 Å². The minimum atomic E-state index is -1.16. The minimum absolute atomic E-state index is 0.190. The van der Waals surface area contributed by atoms with Crippen molar-refractivity contribution < 1.29 is 14.3 Å². The first-order valence-corrected chi connectivity index (χ1v) is 10.9. The van der Waals surface area contributed by atoms with Crippen molar-refractivity contribution in [1.29, 1.82) is 0 Å². The number of para-hydroxylation sites is 1. The number of thiazole rings is 1. The van der Waals surface area contributed by atoms with Gasteiger partial charge in [0.2, 0.25) is 5.72 Å². The predicted octanol–water partition coefficient (Wildman–Crippen LogP) is 1.38. The molecular formula is C22H22N4O4S. The molecule has 5 rings (SSSR count). The maximum absolute atomic E-state index is 13.5. The van der Waals surface area contributed by atoms with Gasteiger partial charge in [0, 0.05) is 23.9 Å². The normalized spacial score (nSPS) is 24.1. The first-order chi connectivity index (χ1) is 14.9. The number of aromatic nitrogens is 3. The summed E-state index contributed by atoms with van der Waals surface area (Å²) >= 11 is 1.29. The van der Waals surface area contributed by atoms with Crippen LogP contribution >= 0.6 is 11.3 Å². The Morgan fingerprint density at radius 3 is 2.87 bits per heavy atom. The predicted molar refractivity (Wildman–Crippen MR) is 115 cm³/mol. The zero-order valence-electron chi connectivity index (χ0n) is 17.7. The van der Waals surface area contributed by atoms with Gasteiger partial charge < -0.3 is 9.47 Å². The van der Waals surface area contributed by atoms with Crippen LogP contribution in [0.1, 0.15) is 36.7 Å². The van der Waals surface area contributed by atoms with E-state index >= 15 is 0 Å². The van der Waals surface area contributed by atoms with Gasteiger partial charge in [-0.3, -0.25) is 18.8 Å². The van der Waals surface area contributed by atoms with E-state index in [4.69, 9.17) is 14.5 Å². The van der Waals surface area contributed by atoms with E-state index in [9.17, 15) is 9.59 Å². The van der Waals surface area contributed by atoms with Crippen LogP contribution in [0, 0.1) is 12.8 Å². The molecule has 0 saturated heterocycles. The molecule has 2 aromatic heterocycles. The average Bonchev–Trinajstić information content (AvgIpc) is 3.25. The fraction of sp³-hybridized carbons (Fsp3) is 0.364. The molecule has 31 heavy (non-hydrogen) atoms. The zero-order chi connectivity index (χ0) is 21.9. The highest BCUT2D eigenvalue weighted by Crippen LogP contribution is 2.47. The van der Waals surface area contributed by atoms with Crippen molar-refractivity contribution >= 4 is 23.4 Å². The fourth-order valence-electron chi connectivity index (χ4n) is 4.41. The summed E-state index contributed by atoms with van der Waals surface area (Å²) in [5.74, 6) is -0.613. The van der Waals surface area contributed by atoms with Crippen LogP contribution in [0.5, 0.6) is 5.75 Å². The molecule has 2 aliphatic heterocycles. The van der Waals surface area contributed by atoms with Crippen LogP contribution in [-0.2, 0) is 16.1 Å². The van der Waals surface area contributed by atoms with Gasteiger partial charge in [0.25, 0.3) is 5.56 Å². The summed E-state index contributed by atoms with van der Waals surface area (Å²) in [4.78, 5) is 31.6. The molecular weight excluding hydrogens is 416 g/mol. The van der Waals surface area contributed by atoms with Gasteiger partial charge in [-0.05, 0) is 32.9 Å². The number of rotatable bonds is 3. The first kappa shape index (κ1) is 19.7. The molecule has 9 heteroatoms. The Balaban J connectivity index is 1.78. The fourth-order valence-corrected chi connectivity index (χ4v) is 5.50. The highest BCUT2D eigenvalue weighted by Gasteiger charge is 2.55. The third-order valence-corrected chi connectivity index (χ3v) is 6.91. The Morgan fingerprint density at radius 1 is 1.39 bits per heavy atom. The number of benzene rings is 1. The van der Waals surface area contributed by atoms with E-state index in [0.29, 0.717) is 15.1 Å². The average molecular weight is 439 g/mol. The van der Waals surface area contributed by atoms with Crippen molar-refractivity contribution in [2.75, 3.05) is 7.11 Å². The maximum Gasteiger partial charge on any atom is 0.317 e. The molecule has 1 aromatic carbocycles. The van der Waals surface area contributed by atoms with Crippen molar-refractivity contribution in [1.82, 2.24) is 14.3 Å². The van der Waals surface area contributed by atoms with Crippen molar-refractivity contribution in [3.05, 3.63) is 67.0 Å². The SMILES string of the molecule is CCn1cc(C=c2sc3n(c2=O)[C@H]2c4ccccc4O[C@@](C)(N=3)[C@H]2C(=O)OC)c(C)n1. The second kappa shape index (κ2) is 6.91. The summed E-state index contributed by atoms with van der Waals surface area (Å²) in [5.41, 5.74) is 1.15. The molecule has 8 nitrogen and oxygen atoms in total. The van der Waals surface area contributed by atoms with Gasteiger partial charge >= 0.3 is 5.97 Å². The number of methoxy groups -OCH3 is 1. The van der Waals surface area contributed by atoms with E-state index < -0.39 is 23.7 Å². The Labute approximate surface area is 182 Å². The molecule has 3 atom stereocenters. The molecule has 2 bridgehead atoms. The second-order valence-corrected chi connectivity index (χ2v) is 8.86. The van der Waals surface area contributed by atoms with Gasteiger partial charge in [-0.25, -0.2) is 4.99 Å². The molecule has 0 N–H and O–H groups in total. The number of hydrogen-bond donors (Lipinski definition) is 0. The smallest absolute Gasteiger partial charge is 0.317 e. The van der Waals surface area contributed by atoms with Crippen molar-refractivity contribution in [2.24, 2.45) is 10.9 Å². The van der Waals surface area contributed by atoms with Gasteiger partial charge in [0.1, 0.15) is 11.7 Å².